The van der Waals surface area contributed by atoms with Crippen molar-refractivity contribution in [3.63, 3.8) is 0 Å². The average molecular weight is 178 g/mol. The predicted molar refractivity (Wildman–Crippen MR) is 58.7 cm³/mol. The van der Waals surface area contributed by atoms with Gasteiger partial charge >= 0.3 is 0 Å². The van der Waals surface area contributed by atoms with Crippen LogP contribution >= 0.6 is 0 Å². The van der Waals surface area contributed by atoms with Crippen molar-refractivity contribution < 1.29 is 0 Å². The maximum absolute atomic E-state index is 4.20. The molecule has 2 nitrogen and oxygen atoms in total. The summed E-state index contributed by atoms with van der Waals surface area (Å²) in [4.78, 5) is 4.20. The Morgan fingerprint density at radius 1 is 1.38 bits per heavy atom. The molecule has 1 heterocycles. The van der Waals surface area contributed by atoms with Crippen molar-refractivity contribution in [3.05, 3.63) is 29.2 Å². The SMILES string of the molecule is C=C/C=c1\c(=C)nc(C)n1C.CC. The van der Waals surface area contributed by atoms with Crippen molar-refractivity contribution in [2.24, 2.45) is 7.05 Å². The van der Waals surface area contributed by atoms with Gasteiger partial charge in [0.2, 0.25) is 0 Å². The molecule has 0 amide bonds. The number of imidazole rings is 1. The van der Waals surface area contributed by atoms with E-state index in [-0.39, 0.29) is 0 Å². The Hall–Kier alpha value is -1.31. The van der Waals surface area contributed by atoms with Crippen LogP contribution in [0.1, 0.15) is 19.7 Å². The molecule has 0 aliphatic rings. The summed E-state index contributed by atoms with van der Waals surface area (Å²) in [5, 5.41) is 1.84. The van der Waals surface area contributed by atoms with E-state index in [1.807, 2.05) is 38.5 Å². The van der Waals surface area contributed by atoms with E-state index in [1.54, 1.807) is 6.08 Å². The highest BCUT2D eigenvalue weighted by molar-refractivity contribution is 5.33. The summed E-state index contributed by atoms with van der Waals surface area (Å²) in [6.07, 6.45) is 3.65. The molecule has 2 heteroatoms. The molecule has 0 atom stereocenters. The number of aryl methyl sites for hydroxylation is 1. The third-order valence-corrected chi connectivity index (χ3v) is 1.71. The zero-order chi connectivity index (χ0) is 10.4. The fraction of sp³-hybridized carbons (Fsp3) is 0.364. The predicted octanol–water partition coefficient (Wildman–Crippen LogP) is 1.13. The van der Waals surface area contributed by atoms with Crippen molar-refractivity contribution in [1.29, 1.82) is 0 Å². The molecule has 1 aromatic rings. The molecule has 0 N–H and O–H groups in total. The fourth-order valence-corrected chi connectivity index (χ4v) is 1.02. The van der Waals surface area contributed by atoms with Crippen LogP contribution in [-0.4, -0.2) is 9.55 Å². The van der Waals surface area contributed by atoms with Crippen LogP contribution in [0, 0.1) is 6.92 Å². The van der Waals surface area contributed by atoms with Crippen LogP contribution < -0.4 is 10.7 Å². The first-order chi connectivity index (χ1) is 6.16. The van der Waals surface area contributed by atoms with E-state index < -0.39 is 0 Å². The molecule has 0 saturated carbocycles. The van der Waals surface area contributed by atoms with E-state index in [2.05, 4.69) is 18.1 Å². The van der Waals surface area contributed by atoms with Crippen molar-refractivity contribution in [2.75, 3.05) is 0 Å². The zero-order valence-electron chi connectivity index (χ0n) is 8.96. The summed E-state index contributed by atoms with van der Waals surface area (Å²) >= 11 is 0. The quantitative estimate of drug-likeness (QED) is 0.630. The summed E-state index contributed by atoms with van der Waals surface area (Å²) in [5.41, 5.74) is 0. The Morgan fingerprint density at radius 2 is 1.92 bits per heavy atom. The first-order valence-electron chi connectivity index (χ1n) is 4.48. The minimum Gasteiger partial charge on any atom is -0.331 e. The van der Waals surface area contributed by atoms with E-state index in [0.717, 1.165) is 16.5 Å². The van der Waals surface area contributed by atoms with Crippen molar-refractivity contribution >= 4 is 12.7 Å². The maximum atomic E-state index is 4.20. The molecule has 0 bridgehead atoms. The van der Waals surface area contributed by atoms with E-state index in [1.165, 1.54) is 0 Å². The van der Waals surface area contributed by atoms with Crippen LogP contribution in [-0.2, 0) is 7.05 Å². The smallest absolute Gasteiger partial charge is 0.106 e. The zero-order valence-corrected chi connectivity index (χ0v) is 8.96. The van der Waals surface area contributed by atoms with Crippen LogP contribution in [0.2, 0.25) is 0 Å². The molecule has 1 rings (SSSR count). The molecular weight excluding hydrogens is 160 g/mol. The highest BCUT2D eigenvalue weighted by Gasteiger charge is 1.94. The van der Waals surface area contributed by atoms with Crippen molar-refractivity contribution in [1.82, 2.24) is 9.55 Å². The Balaban J connectivity index is 0.000000671. The first kappa shape index (κ1) is 11.7. The maximum Gasteiger partial charge on any atom is 0.106 e. The molecule has 0 aromatic carbocycles. The molecule has 0 unspecified atom stereocenters. The fourth-order valence-electron chi connectivity index (χ4n) is 1.02. The summed E-state index contributed by atoms with van der Waals surface area (Å²) in [7, 11) is 1.96. The lowest BCUT2D eigenvalue weighted by Crippen LogP contribution is -2.27. The van der Waals surface area contributed by atoms with Gasteiger partial charge in [0.25, 0.3) is 0 Å². The lowest BCUT2D eigenvalue weighted by Gasteiger charge is -1.91. The normalized spacial score (nSPS) is 10.6. The van der Waals surface area contributed by atoms with Gasteiger partial charge in [-0.3, -0.25) is 0 Å². The summed E-state index contributed by atoms with van der Waals surface area (Å²) in [5.74, 6) is 0.975. The summed E-state index contributed by atoms with van der Waals surface area (Å²) in [6.45, 7) is 13.4. The third-order valence-electron chi connectivity index (χ3n) is 1.71. The van der Waals surface area contributed by atoms with E-state index >= 15 is 0 Å². The Bertz CT molecular complexity index is 372. The number of nitrogens with zero attached hydrogens (tertiary/aromatic N) is 2. The van der Waals surface area contributed by atoms with Gasteiger partial charge in [-0.05, 0) is 13.0 Å². The van der Waals surface area contributed by atoms with Crippen molar-refractivity contribution in [2.45, 2.75) is 20.8 Å². The number of hydrogen-bond acceptors (Lipinski definition) is 1. The molecule has 0 aliphatic heterocycles. The van der Waals surface area contributed by atoms with Crippen LogP contribution in [0.25, 0.3) is 12.7 Å². The van der Waals surface area contributed by atoms with Gasteiger partial charge in [-0.15, -0.1) is 0 Å². The van der Waals surface area contributed by atoms with Gasteiger partial charge in [0.15, 0.2) is 0 Å². The number of rotatable bonds is 1. The van der Waals surface area contributed by atoms with Crippen LogP contribution in [0.3, 0.4) is 0 Å². The summed E-state index contributed by atoms with van der Waals surface area (Å²) < 4.78 is 1.99. The molecule has 0 saturated heterocycles. The molecule has 0 radical (unpaired) electrons. The standard InChI is InChI=1S/C9H12N2.C2H6/c1-5-6-9-7(2)10-8(3)11(9)4;1-2/h5-6H,1-2H2,3-4H3;1-2H3/b9-6+;. The van der Waals surface area contributed by atoms with E-state index in [0.29, 0.717) is 0 Å². The van der Waals surface area contributed by atoms with Crippen LogP contribution in [0.4, 0.5) is 0 Å². The van der Waals surface area contributed by atoms with E-state index in [4.69, 9.17) is 0 Å². The molecule has 72 valence electrons. The molecule has 0 fully saturated rings. The Labute approximate surface area is 79.9 Å². The number of aromatic nitrogens is 2. The second-order valence-corrected chi connectivity index (χ2v) is 2.45. The van der Waals surface area contributed by atoms with Gasteiger partial charge in [-0.25, -0.2) is 4.98 Å². The van der Waals surface area contributed by atoms with Gasteiger partial charge in [0.05, 0.1) is 10.7 Å². The van der Waals surface area contributed by atoms with Gasteiger partial charge in [0.1, 0.15) is 5.82 Å². The minimum atomic E-state index is 0.810. The first-order valence-corrected chi connectivity index (χ1v) is 4.48. The molecule has 0 aliphatic carbocycles. The number of hydrogen-bond donors (Lipinski definition) is 0. The largest absolute Gasteiger partial charge is 0.331 e. The lowest BCUT2D eigenvalue weighted by atomic mass is 10.5. The summed E-state index contributed by atoms with van der Waals surface area (Å²) in [6, 6.07) is 0. The number of allylic oxidation sites excluding steroid dienone is 1. The topological polar surface area (TPSA) is 17.8 Å². The van der Waals surface area contributed by atoms with Gasteiger partial charge in [-0.2, -0.15) is 0 Å². The lowest BCUT2D eigenvalue weighted by molar-refractivity contribution is 0.833. The molecule has 13 heavy (non-hydrogen) atoms. The monoisotopic (exact) mass is 178 g/mol. The molecular formula is C11H18N2. The van der Waals surface area contributed by atoms with Crippen LogP contribution in [0.5, 0.6) is 0 Å². The van der Waals surface area contributed by atoms with Crippen LogP contribution in [0.15, 0.2) is 12.7 Å². The second kappa shape index (κ2) is 5.36. The highest BCUT2D eigenvalue weighted by Crippen LogP contribution is 1.78. The highest BCUT2D eigenvalue weighted by atomic mass is 15.0. The van der Waals surface area contributed by atoms with Gasteiger partial charge < -0.3 is 4.57 Å². The second-order valence-electron chi connectivity index (χ2n) is 2.45. The van der Waals surface area contributed by atoms with E-state index in [9.17, 15) is 0 Å². The Morgan fingerprint density at radius 3 is 2.23 bits per heavy atom. The van der Waals surface area contributed by atoms with Gasteiger partial charge in [-0.1, -0.05) is 33.1 Å². The van der Waals surface area contributed by atoms with Crippen molar-refractivity contribution in [3.8, 4) is 0 Å². The van der Waals surface area contributed by atoms with Gasteiger partial charge in [0, 0.05) is 7.05 Å². The Kier molecular flexibility index (Phi) is 4.82. The molecule has 0 spiro atoms. The molecule has 1 aromatic heterocycles. The average Bonchev–Trinajstić information content (AvgIpc) is 2.36. The minimum absolute atomic E-state index is 0.810. The third kappa shape index (κ3) is 2.58.